The maximum atomic E-state index is 12.2. The highest BCUT2D eigenvalue weighted by Gasteiger charge is 2.14. The molecule has 0 aliphatic rings. The molecule has 1 atom stereocenters. The van der Waals surface area contributed by atoms with Crippen molar-refractivity contribution in [2.45, 2.75) is 19.9 Å². The Kier molecular flexibility index (Phi) is 7.30. The van der Waals surface area contributed by atoms with Crippen molar-refractivity contribution >= 4 is 35.4 Å². The van der Waals surface area contributed by atoms with Gasteiger partial charge in [-0.25, -0.2) is 0 Å². The molecule has 5 nitrogen and oxygen atoms in total. The SMILES string of the molecule is CCOc1cc(C=O)ccc1OCC(=O)N[C@@H](C)c1ccc(Cl)cc1Cl. The number of amides is 1. The van der Waals surface area contributed by atoms with E-state index in [1.165, 1.54) is 0 Å². The van der Waals surface area contributed by atoms with Crippen LogP contribution in [0.3, 0.4) is 0 Å². The van der Waals surface area contributed by atoms with Gasteiger partial charge in [-0.15, -0.1) is 0 Å². The van der Waals surface area contributed by atoms with E-state index in [9.17, 15) is 9.59 Å². The third-order valence-electron chi connectivity index (χ3n) is 3.57. The highest BCUT2D eigenvalue weighted by molar-refractivity contribution is 6.35. The third-order valence-corrected chi connectivity index (χ3v) is 4.13. The van der Waals surface area contributed by atoms with Crippen molar-refractivity contribution in [2.24, 2.45) is 0 Å². The average molecular weight is 396 g/mol. The number of carbonyl (C=O) groups is 2. The molecule has 0 radical (unpaired) electrons. The van der Waals surface area contributed by atoms with E-state index in [0.29, 0.717) is 33.7 Å². The normalized spacial score (nSPS) is 11.5. The lowest BCUT2D eigenvalue weighted by Crippen LogP contribution is -2.31. The van der Waals surface area contributed by atoms with Crippen LogP contribution in [0.1, 0.15) is 35.8 Å². The summed E-state index contributed by atoms with van der Waals surface area (Å²) >= 11 is 12.0. The minimum atomic E-state index is -0.314. The van der Waals surface area contributed by atoms with Gasteiger partial charge in [-0.2, -0.15) is 0 Å². The number of carbonyl (C=O) groups excluding carboxylic acids is 2. The summed E-state index contributed by atoms with van der Waals surface area (Å²) in [5.74, 6) is 0.494. The molecular formula is C19H19Cl2NO4. The number of benzene rings is 2. The second-order valence-corrected chi connectivity index (χ2v) is 6.34. The fourth-order valence-corrected chi connectivity index (χ4v) is 2.91. The standard InChI is InChI=1S/C19H19Cl2NO4/c1-3-25-18-8-13(10-23)4-7-17(18)26-11-19(24)22-12(2)15-6-5-14(20)9-16(15)21/h4-10,12H,3,11H2,1-2H3,(H,22,24)/t12-/m0/s1. The molecule has 138 valence electrons. The molecule has 2 rings (SSSR count). The van der Waals surface area contributed by atoms with Gasteiger partial charge >= 0.3 is 0 Å². The second kappa shape index (κ2) is 9.46. The van der Waals surface area contributed by atoms with Gasteiger partial charge in [0.15, 0.2) is 18.1 Å². The molecule has 0 spiro atoms. The van der Waals surface area contributed by atoms with Crippen molar-refractivity contribution < 1.29 is 19.1 Å². The molecule has 26 heavy (non-hydrogen) atoms. The van der Waals surface area contributed by atoms with Gasteiger partial charge in [0.05, 0.1) is 12.6 Å². The maximum Gasteiger partial charge on any atom is 0.258 e. The summed E-state index contributed by atoms with van der Waals surface area (Å²) in [6.07, 6.45) is 0.719. The summed E-state index contributed by atoms with van der Waals surface area (Å²) in [6, 6.07) is 9.56. The quantitative estimate of drug-likeness (QED) is 0.670. The zero-order valence-electron chi connectivity index (χ0n) is 14.4. The number of hydrogen-bond acceptors (Lipinski definition) is 4. The minimum Gasteiger partial charge on any atom is -0.490 e. The Bertz CT molecular complexity index is 795. The first kappa shape index (κ1) is 20.1. The Morgan fingerprint density at radius 3 is 2.58 bits per heavy atom. The van der Waals surface area contributed by atoms with Gasteiger partial charge in [-0.3, -0.25) is 9.59 Å². The van der Waals surface area contributed by atoms with Gasteiger partial charge in [0.2, 0.25) is 0 Å². The van der Waals surface area contributed by atoms with Crippen LogP contribution in [-0.2, 0) is 4.79 Å². The summed E-state index contributed by atoms with van der Waals surface area (Å²) in [5, 5.41) is 3.82. The van der Waals surface area contributed by atoms with E-state index in [-0.39, 0.29) is 18.6 Å². The molecule has 0 fully saturated rings. The number of hydrogen-bond donors (Lipinski definition) is 1. The van der Waals surface area contributed by atoms with Gasteiger partial charge in [0.1, 0.15) is 6.29 Å². The van der Waals surface area contributed by atoms with E-state index >= 15 is 0 Å². The summed E-state index contributed by atoms with van der Waals surface area (Å²) < 4.78 is 11.0. The smallest absolute Gasteiger partial charge is 0.258 e. The highest BCUT2D eigenvalue weighted by atomic mass is 35.5. The summed E-state index contributed by atoms with van der Waals surface area (Å²) in [6.45, 7) is 3.85. The topological polar surface area (TPSA) is 64.6 Å². The summed E-state index contributed by atoms with van der Waals surface area (Å²) in [7, 11) is 0. The average Bonchev–Trinajstić information content (AvgIpc) is 2.60. The van der Waals surface area contributed by atoms with Crippen LogP contribution in [0, 0.1) is 0 Å². The lowest BCUT2D eigenvalue weighted by Gasteiger charge is -2.17. The first-order valence-electron chi connectivity index (χ1n) is 8.03. The van der Waals surface area contributed by atoms with E-state index < -0.39 is 0 Å². The van der Waals surface area contributed by atoms with E-state index in [4.69, 9.17) is 32.7 Å². The van der Waals surface area contributed by atoms with Crippen molar-refractivity contribution in [1.82, 2.24) is 5.32 Å². The van der Waals surface area contributed by atoms with E-state index in [1.54, 1.807) is 36.4 Å². The fourth-order valence-electron chi connectivity index (χ4n) is 2.34. The molecule has 0 heterocycles. The Morgan fingerprint density at radius 1 is 1.15 bits per heavy atom. The molecule has 0 saturated heterocycles. The zero-order chi connectivity index (χ0) is 19.1. The van der Waals surface area contributed by atoms with Crippen LogP contribution in [0.4, 0.5) is 0 Å². The minimum absolute atomic E-state index is 0.198. The number of nitrogens with one attached hydrogen (secondary N) is 1. The van der Waals surface area contributed by atoms with Crippen LogP contribution >= 0.6 is 23.2 Å². The van der Waals surface area contributed by atoms with Crippen LogP contribution in [0.2, 0.25) is 10.0 Å². The van der Waals surface area contributed by atoms with Gasteiger partial charge < -0.3 is 14.8 Å². The maximum absolute atomic E-state index is 12.2. The lowest BCUT2D eigenvalue weighted by molar-refractivity contribution is -0.123. The molecule has 0 bridgehead atoms. The molecule has 0 aliphatic carbocycles. The number of aldehydes is 1. The van der Waals surface area contributed by atoms with Crippen molar-refractivity contribution in [1.29, 1.82) is 0 Å². The van der Waals surface area contributed by atoms with Gasteiger partial charge in [-0.05, 0) is 49.7 Å². The van der Waals surface area contributed by atoms with E-state index in [0.717, 1.165) is 11.8 Å². The molecule has 2 aromatic rings. The summed E-state index contributed by atoms with van der Waals surface area (Å²) in [4.78, 5) is 23.0. The summed E-state index contributed by atoms with van der Waals surface area (Å²) in [5.41, 5.74) is 1.23. The lowest BCUT2D eigenvalue weighted by atomic mass is 10.1. The first-order chi connectivity index (χ1) is 12.4. The fraction of sp³-hybridized carbons (Fsp3) is 0.263. The highest BCUT2D eigenvalue weighted by Crippen LogP contribution is 2.28. The molecule has 7 heteroatoms. The van der Waals surface area contributed by atoms with Crippen LogP contribution < -0.4 is 14.8 Å². The molecule has 0 saturated carbocycles. The predicted octanol–water partition coefficient (Wildman–Crippen LogP) is 4.46. The van der Waals surface area contributed by atoms with Gasteiger partial charge in [-0.1, -0.05) is 29.3 Å². The van der Waals surface area contributed by atoms with Crippen LogP contribution in [-0.4, -0.2) is 25.4 Å². The van der Waals surface area contributed by atoms with Crippen LogP contribution in [0.5, 0.6) is 11.5 Å². The van der Waals surface area contributed by atoms with Crippen molar-refractivity contribution in [3.05, 3.63) is 57.6 Å². The Balaban J connectivity index is 1.99. The van der Waals surface area contributed by atoms with E-state index in [2.05, 4.69) is 5.32 Å². The second-order valence-electron chi connectivity index (χ2n) is 5.50. The molecular weight excluding hydrogens is 377 g/mol. The Morgan fingerprint density at radius 2 is 1.92 bits per heavy atom. The Hall–Kier alpha value is -2.24. The molecule has 2 aromatic carbocycles. The largest absolute Gasteiger partial charge is 0.490 e. The predicted molar refractivity (Wildman–Crippen MR) is 102 cm³/mol. The molecule has 0 aromatic heterocycles. The van der Waals surface area contributed by atoms with Gasteiger partial charge in [0, 0.05) is 15.6 Å². The Labute approximate surface area is 162 Å². The molecule has 1 N–H and O–H groups in total. The van der Waals surface area contributed by atoms with Crippen LogP contribution in [0.15, 0.2) is 36.4 Å². The molecule has 0 aliphatic heterocycles. The van der Waals surface area contributed by atoms with Gasteiger partial charge in [0.25, 0.3) is 5.91 Å². The number of ether oxygens (including phenoxy) is 2. The monoisotopic (exact) mass is 395 g/mol. The van der Waals surface area contributed by atoms with E-state index in [1.807, 2.05) is 13.8 Å². The number of halogens is 2. The molecule has 1 amide bonds. The zero-order valence-corrected chi connectivity index (χ0v) is 15.9. The molecule has 0 unspecified atom stereocenters. The van der Waals surface area contributed by atoms with Crippen LogP contribution in [0.25, 0.3) is 0 Å². The van der Waals surface area contributed by atoms with Crippen molar-refractivity contribution in [3.63, 3.8) is 0 Å². The first-order valence-corrected chi connectivity index (χ1v) is 8.79. The third kappa shape index (κ3) is 5.38. The van der Waals surface area contributed by atoms with Crippen molar-refractivity contribution in [2.75, 3.05) is 13.2 Å². The number of rotatable bonds is 8. The van der Waals surface area contributed by atoms with Crippen molar-refractivity contribution in [3.8, 4) is 11.5 Å².